The van der Waals surface area contributed by atoms with Crippen molar-refractivity contribution in [3.05, 3.63) is 24.0 Å². The minimum atomic E-state index is -0.780. The average molecular weight is 394 g/mol. The molecule has 154 valence electrons. The Bertz CT molecular complexity index is 975. The molecule has 1 aliphatic heterocycles. The van der Waals surface area contributed by atoms with Gasteiger partial charge in [-0.1, -0.05) is 20.8 Å². The molecule has 0 amide bonds. The number of nitrogens with one attached hydrogen (secondary N) is 1. The second-order valence-corrected chi connectivity index (χ2v) is 9.67. The second kappa shape index (κ2) is 6.57. The van der Waals surface area contributed by atoms with Crippen molar-refractivity contribution in [2.45, 2.75) is 64.9 Å². The predicted octanol–water partition coefficient (Wildman–Crippen LogP) is 2.65. The number of aromatic amines is 1. The van der Waals surface area contributed by atoms with Gasteiger partial charge in [0.1, 0.15) is 5.65 Å². The quantitative estimate of drug-likeness (QED) is 0.696. The van der Waals surface area contributed by atoms with E-state index >= 15 is 0 Å². The van der Waals surface area contributed by atoms with E-state index in [0.29, 0.717) is 18.4 Å². The van der Waals surface area contributed by atoms with E-state index < -0.39 is 12.7 Å². The van der Waals surface area contributed by atoms with Crippen LogP contribution in [0.5, 0.6) is 0 Å². The molecule has 2 aromatic rings. The monoisotopic (exact) mass is 394 g/mol. The van der Waals surface area contributed by atoms with Gasteiger partial charge in [0.05, 0.1) is 11.3 Å². The van der Waals surface area contributed by atoms with Crippen molar-refractivity contribution >= 4 is 29.3 Å². The Morgan fingerprint density at radius 2 is 2.17 bits per heavy atom. The number of hydrogen-bond donors (Lipinski definition) is 3. The van der Waals surface area contributed by atoms with Gasteiger partial charge in [-0.05, 0) is 56.4 Å². The molecule has 0 aromatic carbocycles. The minimum absolute atomic E-state index is 0.175. The van der Waals surface area contributed by atoms with Crippen LogP contribution in [0.3, 0.4) is 0 Å². The van der Waals surface area contributed by atoms with Crippen molar-refractivity contribution in [2.75, 3.05) is 6.54 Å². The number of hydrogen-bond acceptors (Lipinski definition) is 5. The fourth-order valence-electron chi connectivity index (χ4n) is 6.62. The summed E-state index contributed by atoms with van der Waals surface area (Å²) in [5.41, 5.74) is 2.97. The third kappa shape index (κ3) is 2.70. The molecule has 2 saturated carbocycles. The van der Waals surface area contributed by atoms with E-state index in [1.54, 1.807) is 6.20 Å². The molecule has 3 N–H and O–H groups in total. The highest BCUT2D eigenvalue weighted by Gasteiger charge is 2.60. The molecular formula is C22H31BN4O2. The largest absolute Gasteiger partial charge is 0.468 e. The summed E-state index contributed by atoms with van der Waals surface area (Å²) in [4.78, 5) is 9.59. The Labute approximate surface area is 172 Å². The lowest BCUT2D eigenvalue weighted by molar-refractivity contribution is 0.00141. The first-order valence-corrected chi connectivity index (χ1v) is 11.1. The first-order valence-electron chi connectivity index (χ1n) is 11.1. The van der Waals surface area contributed by atoms with Crippen LogP contribution in [0.1, 0.15) is 64.9 Å². The average Bonchev–Trinajstić information content (AvgIpc) is 3.24. The van der Waals surface area contributed by atoms with Crippen LogP contribution < -0.4 is 5.46 Å². The lowest BCUT2D eigenvalue weighted by Crippen LogP contribution is -2.55. The summed E-state index contributed by atoms with van der Waals surface area (Å²) in [6, 6.07) is 2.04. The van der Waals surface area contributed by atoms with Crippen molar-refractivity contribution in [3.63, 3.8) is 0 Å². The predicted molar refractivity (Wildman–Crippen MR) is 116 cm³/mol. The number of aliphatic hydroxyl groups is 1. The van der Waals surface area contributed by atoms with Crippen LogP contribution in [0.15, 0.2) is 23.6 Å². The third-order valence-electron chi connectivity index (χ3n) is 7.66. The molecule has 4 atom stereocenters. The molecule has 3 heterocycles. The summed E-state index contributed by atoms with van der Waals surface area (Å²) in [5, 5.41) is 28.6. The fraction of sp³-hybridized carbons (Fsp3) is 0.636. The van der Waals surface area contributed by atoms with Crippen molar-refractivity contribution in [1.29, 1.82) is 0 Å². The number of pyridine rings is 1. The van der Waals surface area contributed by atoms with Crippen molar-refractivity contribution < 1.29 is 10.1 Å². The number of hydrazone groups is 1. The van der Waals surface area contributed by atoms with Gasteiger partial charge in [0.15, 0.2) is 0 Å². The van der Waals surface area contributed by atoms with E-state index in [2.05, 4.69) is 30.7 Å². The Kier molecular flexibility index (Phi) is 4.34. The highest BCUT2D eigenvalue weighted by atomic mass is 16.3. The number of aromatic nitrogens is 2. The zero-order valence-corrected chi connectivity index (χ0v) is 17.6. The van der Waals surface area contributed by atoms with Gasteiger partial charge in [-0.15, -0.1) is 0 Å². The fourth-order valence-corrected chi connectivity index (χ4v) is 6.62. The van der Waals surface area contributed by atoms with Crippen LogP contribution >= 0.6 is 0 Å². The van der Waals surface area contributed by atoms with Gasteiger partial charge in [-0.2, -0.15) is 5.10 Å². The van der Waals surface area contributed by atoms with Crippen LogP contribution in [0, 0.1) is 17.3 Å². The SMILES string of the molecule is CCCN1N=C([C@]2(CC)C[C@]3(O)C[C@H](C)C[C@H]2C3)c2c(cnc3[nH]ccc23)B1O. The van der Waals surface area contributed by atoms with Crippen LogP contribution in [0.2, 0.25) is 0 Å². The molecule has 2 bridgehead atoms. The van der Waals surface area contributed by atoms with Gasteiger partial charge in [0, 0.05) is 40.8 Å². The molecule has 2 aromatic heterocycles. The molecular weight excluding hydrogens is 363 g/mol. The van der Waals surface area contributed by atoms with Gasteiger partial charge in [0.25, 0.3) is 0 Å². The summed E-state index contributed by atoms with van der Waals surface area (Å²) < 4.78 is 0. The summed E-state index contributed by atoms with van der Waals surface area (Å²) in [6.07, 6.45) is 9.18. The highest BCUT2D eigenvalue weighted by Crippen LogP contribution is 2.60. The van der Waals surface area contributed by atoms with Gasteiger partial charge in [-0.25, -0.2) is 4.98 Å². The zero-order chi connectivity index (χ0) is 20.4. The van der Waals surface area contributed by atoms with E-state index in [1.165, 1.54) is 0 Å². The number of rotatable bonds is 4. The Balaban J connectivity index is 1.74. The maximum atomic E-state index is 11.4. The van der Waals surface area contributed by atoms with E-state index in [4.69, 9.17) is 5.10 Å². The minimum Gasteiger partial charge on any atom is -0.428 e. The van der Waals surface area contributed by atoms with E-state index in [9.17, 15) is 10.1 Å². The molecule has 3 aliphatic rings. The van der Waals surface area contributed by atoms with Crippen LogP contribution in [0.25, 0.3) is 11.0 Å². The smallest absolute Gasteiger partial charge is 0.428 e. The summed E-state index contributed by atoms with van der Waals surface area (Å²) in [6.45, 7) is 7.30. The van der Waals surface area contributed by atoms with Gasteiger partial charge < -0.3 is 20.0 Å². The third-order valence-corrected chi connectivity index (χ3v) is 7.66. The standard InChI is InChI=1S/C22H31BN4O2/c1-4-8-27-23(29)17-12-25-20-16(6-7-24-20)18(17)19(26-27)22(5-2)13-21(28)10-14(3)9-15(22)11-21/h6-7,12,14-15,28-29H,4-5,8-11,13H2,1-3H3,(H,24,25)/t14-,15+,21+,22-/m1/s1. The Hall–Kier alpha value is -1.86. The van der Waals surface area contributed by atoms with Crippen LogP contribution in [0.4, 0.5) is 0 Å². The van der Waals surface area contributed by atoms with Gasteiger partial charge >= 0.3 is 7.05 Å². The van der Waals surface area contributed by atoms with E-state index in [0.717, 1.165) is 66.3 Å². The molecule has 0 saturated heterocycles. The molecule has 0 spiro atoms. The molecule has 5 rings (SSSR count). The number of nitrogens with zero attached hydrogens (tertiary/aromatic N) is 3. The molecule has 2 aliphatic carbocycles. The first-order chi connectivity index (χ1) is 13.9. The first kappa shape index (κ1) is 19.1. The lowest BCUT2D eigenvalue weighted by atomic mass is 9.61. The second-order valence-electron chi connectivity index (χ2n) is 9.67. The Morgan fingerprint density at radius 1 is 1.34 bits per heavy atom. The highest BCUT2D eigenvalue weighted by molar-refractivity contribution is 6.66. The normalized spacial score (nSPS) is 33.9. The topological polar surface area (TPSA) is 84.7 Å². The number of fused-ring (bicyclic) bond motifs is 5. The molecule has 7 heteroatoms. The number of H-pyrrole nitrogens is 1. The summed E-state index contributed by atoms with van der Waals surface area (Å²) in [7, 11) is -0.780. The molecule has 6 nitrogen and oxygen atoms in total. The van der Waals surface area contributed by atoms with E-state index in [-0.39, 0.29) is 5.41 Å². The van der Waals surface area contributed by atoms with Crippen molar-refractivity contribution in [1.82, 2.24) is 14.9 Å². The van der Waals surface area contributed by atoms with Gasteiger partial charge in [-0.3, -0.25) is 0 Å². The maximum Gasteiger partial charge on any atom is 0.468 e. The molecule has 29 heavy (non-hydrogen) atoms. The lowest BCUT2D eigenvalue weighted by Gasteiger charge is -2.41. The molecule has 2 fully saturated rings. The Morgan fingerprint density at radius 3 is 2.93 bits per heavy atom. The van der Waals surface area contributed by atoms with Gasteiger partial charge in [0.2, 0.25) is 0 Å². The molecule has 0 unspecified atom stereocenters. The zero-order valence-electron chi connectivity index (χ0n) is 17.6. The molecule has 0 radical (unpaired) electrons. The van der Waals surface area contributed by atoms with Crippen molar-refractivity contribution in [3.8, 4) is 0 Å². The summed E-state index contributed by atoms with van der Waals surface area (Å²) >= 11 is 0. The maximum absolute atomic E-state index is 11.4. The van der Waals surface area contributed by atoms with E-state index in [1.807, 2.05) is 17.2 Å². The van der Waals surface area contributed by atoms with Crippen LogP contribution in [-0.2, 0) is 0 Å². The summed E-state index contributed by atoms with van der Waals surface area (Å²) in [5.74, 6) is 0.937. The van der Waals surface area contributed by atoms with Crippen molar-refractivity contribution in [2.24, 2.45) is 22.4 Å². The van der Waals surface area contributed by atoms with Crippen LogP contribution in [-0.4, -0.2) is 49.9 Å².